The SMILES string of the molecule is CC/C=C\C/C=C\C/C=C\C/C=C\CCCCCCC(=O)OC1C(OCC(COC(=O)CCCCCCCCC/C=C\C/C=C\CCCCC)OC(=O)CCCCCCC/C=C\C/C=C\CCCCC)OC(C(=O)O)C(O)C1O. The summed E-state index contributed by atoms with van der Waals surface area (Å²) in [6.07, 6.45) is 59.3. The van der Waals surface area contributed by atoms with E-state index in [0.717, 1.165) is 135 Å². The molecule has 12 heteroatoms. The number of aliphatic hydroxyl groups is 2. The van der Waals surface area contributed by atoms with Gasteiger partial charge in [-0.2, -0.15) is 0 Å². The van der Waals surface area contributed by atoms with Crippen LogP contribution in [0.1, 0.15) is 252 Å². The van der Waals surface area contributed by atoms with Crippen LogP contribution in [0.3, 0.4) is 0 Å². The summed E-state index contributed by atoms with van der Waals surface area (Å²) in [6, 6.07) is 0. The van der Waals surface area contributed by atoms with Gasteiger partial charge in [-0.1, -0.05) is 208 Å². The van der Waals surface area contributed by atoms with Crippen LogP contribution >= 0.6 is 0 Å². The predicted molar refractivity (Wildman–Crippen MR) is 321 cm³/mol. The third-order valence-electron chi connectivity index (χ3n) is 13.6. The Kier molecular flexibility index (Phi) is 49.9. The van der Waals surface area contributed by atoms with Crippen molar-refractivity contribution in [3.8, 4) is 0 Å². The molecule has 0 aliphatic carbocycles. The van der Waals surface area contributed by atoms with Crippen molar-refractivity contribution in [2.24, 2.45) is 0 Å². The second-order valence-corrected chi connectivity index (χ2v) is 20.9. The number of esters is 3. The second-order valence-electron chi connectivity index (χ2n) is 20.9. The number of hydrogen-bond acceptors (Lipinski definition) is 11. The normalized spacial score (nSPS) is 18.5. The van der Waals surface area contributed by atoms with Gasteiger partial charge >= 0.3 is 23.9 Å². The second kappa shape index (κ2) is 54.2. The van der Waals surface area contributed by atoms with Crippen LogP contribution in [-0.4, -0.2) is 89.2 Å². The summed E-state index contributed by atoms with van der Waals surface area (Å²) in [6.45, 7) is 5.81. The number of carboxylic acid groups (broad SMARTS) is 1. The summed E-state index contributed by atoms with van der Waals surface area (Å²) in [7, 11) is 0. The number of carboxylic acids is 1. The van der Waals surface area contributed by atoms with E-state index in [-0.39, 0.29) is 25.9 Å². The van der Waals surface area contributed by atoms with Crippen molar-refractivity contribution in [1.82, 2.24) is 0 Å². The Hall–Kier alpha value is -4.36. The number of hydrogen-bond donors (Lipinski definition) is 3. The summed E-state index contributed by atoms with van der Waals surface area (Å²) >= 11 is 0. The van der Waals surface area contributed by atoms with Crippen LogP contribution in [-0.2, 0) is 42.9 Å². The largest absolute Gasteiger partial charge is 0.479 e. The zero-order chi connectivity index (χ0) is 57.5. The molecular weight excluding hydrogens is 997 g/mol. The summed E-state index contributed by atoms with van der Waals surface area (Å²) in [5.74, 6) is -3.18. The molecule has 1 fully saturated rings. The average Bonchev–Trinajstić information content (AvgIpc) is 3.43. The molecule has 0 amide bonds. The van der Waals surface area contributed by atoms with Gasteiger partial charge in [0.25, 0.3) is 0 Å². The molecule has 1 aliphatic rings. The molecular formula is C67H110O12. The van der Waals surface area contributed by atoms with E-state index < -0.39 is 67.3 Å². The van der Waals surface area contributed by atoms with Crippen LogP contribution in [0.15, 0.2) is 97.2 Å². The lowest BCUT2D eigenvalue weighted by atomic mass is 9.98. The highest BCUT2D eigenvalue weighted by atomic mass is 16.7. The molecule has 0 aromatic carbocycles. The number of rotatable bonds is 52. The van der Waals surface area contributed by atoms with Gasteiger partial charge in [-0.3, -0.25) is 14.4 Å². The lowest BCUT2D eigenvalue weighted by Crippen LogP contribution is -2.61. The molecule has 6 unspecified atom stereocenters. The standard InChI is InChI=1S/C67H110O12/c1-4-7-10-13-16-19-22-25-28-30-33-35-38-41-44-47-50-53-59(68)75-56-58(77-60(69)54-51-48-45-42-39-36-32-27-24-21-18-15-12-9-6-3)57-76-67-65(63(72)62(71)64(79-67)66(73)74)78-61(70)55-52-49-46-43-40-37-34-31-29-26-23-20-17-14-11-8-5-2/h8,11,16-21,25-29,32,34,37,58,62-65,67,71-72H,4-7,9-10,12-15,22-24,30-31,33,35-36,38-57H2,1-3H3,(H,73,74)/b11-8-,19-16-,20-17-,21-18-,28-25-,29-26-,32-27-,37-34-. The Morgan fingerprint density at radius 2 is 0.797 bits per heavy atom. The number of allylic oxidation sites excluding steroid dienone is 16. The number of carbonyl (C=O) groups excluding carboxylic acids is 3. The Morgan fingerprint density at radius 3 is 1.22 bits per heavy atom. The van der Waals surface area contributed by atoms with Crippen LogP contribution in [0.5, 0.6) is 0 Å². The van der Waals surface area contributed by atoms with E-state index in [0.29, 0.717) is 19.3 Å². The average molecular weight is 1110 g/mol. The highest BCUT2D eigenvalue weighted by Gasteiger charge is 2.50. The van der Waals surface area contributed by atoms with Crippen molar-refractivity contribution in [3.63, 3.8) is 0 Å². The topological polar surface area (TPSA) is 175 Å². The van der Waals surface area contributed by atoms with Crippen LogP contribution in [0.2, 0.25) is 0 Å². The fourth-order valence-corrected chi connectivity index (χ4v) is 8.83. The van der Waals surface area contributed by atoms with Gasteiger partial charge in [0.1, 0.15) is 18.8 Å². The Morgan fingerprint density at radius 1 is 0.430 bits per heavy atom. The predicted octanol–water partition coefficient (Wildman–Crippen LogP) is 16.5. The molecule has 1 aliphatic heterocycles. The third-order valence-corrected chi connectivity index (χ3v) is 13.6. The number of aliphatic carboxylic acids is 1. The van der Waals surface area contributed by atoms with E-state index in [1.165, 1.54) is 57.8 Å². The van der Waals surface area contributed by atoms with E-state index in [9.17, 15) is 34.5 Å². The molecule has 0 spiro atoms. The summed E-state index contributed by atoms with van der Waals surface area (Å²) in [5.41, 5.74) is 0. The van der Waals surface area contributed by atoms with Crippen LogP contribution in [0.25, 0.3) is 0 Å². The van der Waals surface area contributed by atoms with Gasteiger partial charge in [0.15, 0.2) is 24.6 Å². The van der Waals surface area contributed by atoms with Crippen molar-refractivity contribution in [2.75, 3.05) is 13.2 Å². The summed E-state index contributed by atoms with van der Waals surface area (Å²) in [5, 5.41) is 31.5. The van der Waals surface area contributed by atoms with Gasteiger partial charge in [-0.15, -0.1) is 0 Å². The number of unbranched alkanes of at least 4 members (excludes halogenated alkanes) is 22. The highest BCUT2D eigenvalue weighted by molar-refractivity contribution is 5.74. The van der Waals surface area contributed by atoms with Crippen molar-refractivity contribution in [1.29, 1.82) is 0 Å². The molecule has 12 nitrogen and oxygen atoms in total. The Bertz CT molecular complexity index is 1740. The van der Waals surface area contributed by atoms with Gasteiger partial charge in [0, 0.05) is 19.3 Å². The maximum atomic E-state index is 13.2. The van der Waals surface area contributed by atoms with Crippen molar-refractivity contribution >= 4 is 23.9 Å². The van der Waals surface area contributed by atoms with E-state index in [2.05, 4.69) is 118 Å². The van der Waals surface area contributed by atoms with Crippen LogP contribution in [0, 0.1) is 0 Å². The lowest BCUT2D eigenvalue weighted by Gasteiger charge is -2.40. The molecule has 79 heavy (non-hydrogen) atoms. The summed E-state index contributed by atoms with van der Waals surface area (Å²) < 4.78 is 28.5. The summed E-state index contributed by atoms with van der Waals surface area (Å²) in [4.78, 5) is 51.2. The van der Waals surface area contributed by atoms with Crippen molar-refractivity contribution in [2.45, 2.75) is 289 Å². The smallest absolute Gasteiger partial charge is 0.335 e. The Labute approximate surface area is 479 Å². The van der Waals surface area contributed by atoms with Crippen molar-refractivity contribution in [3.05, 3.63) is 97.2 Å². The van der Waals surface area contributed by atoms with Gasteiger partial charge < -0.3 is 39.0 Å². The zero-order valence-corrected chi connectivity index (χ0v) is 49.6. The fourth-order valence-electron chi connectivity index (χ4n) is 8.83. The maximum absolute atomic E-state index is 13.2. The van der Waals surface area contributed by atoms with Crippen molar-refractivity contribution < 1.29 is 58.2 Å². The van der Waals surface area contributed by atoms with Gasteiger partial charge in [-0.05, 0) is 122 Å². The molecule has 6 atom stereocenters. The highest BCUT2D eigenvalue weighted by Crippen LogP contribution is 2.26. The van der Waals surface area contributed by atoms with Gasteiger partial charge in [0.2, 0.25) is 0 Å². The van der Waals surface area contributed by atoms with Crippen LogP contribution < -0.4 is 0 Å². The van der Waals surface area contributed by atoms with E-state index in [4.69, 9.17) is 23.7 Å². The first-order chi connectivity index (χ1) is 38.6. The lowest BCUT2D eigenvalue weighted by molar-refractivity contribution is -0.301. The molecule has 0 saturated carbocycles. The zero-order valence-electron chi connectivity index (χ0n) is 49.6. The van der Waals surface area contributed by atoms with E-state index in [1.54, 1.807) is 0 Å². The Balaban J connectivity index is 2.71. The molecule has 0 aromatic rings. The molecule has 0 radical (unpaired) electrons. The molecule has 0 bridgehead atoms. The molecule has 0 aromatic heterocycles. The first-order valence-corrected chi connectivity index (χ1v) is 31.2. The molecule has 1 saturated heterocycles. The van der Waals surface area contributed by atoms with Gasteiger partial charge in [0.05, 0.1) is 6.61 Å². The van der Waals surface area contributed by atoms with E-state index in [1.807, 2.05) is 0 Å². The number of aliphatic hydroxyl groups excluding tert-OH is 2. The molecule has 1 heterocycles. The first-order valence-electron chi connectivity index (χ1n) is 31.2. The first kappa shape index (κ1) is 72.7. The van der Waals surface area contributed by atoms with Crippen LogP contribution in [0.4, 0.5) is 0 Å². The quantitative estimate of drug-likeness (QED) is 0.0228. The fraction of sp³-hybridized carbons (Fsp3) is 0.701. The number of ether oxygens (including phenoxy) is 5. The minimum atomic E-state index is -1.92. The number of carbonyl (C=O) groups is 4. The minimum Gasteiger partial charge on any atom is -0.479 e. The minimum absolute atomic E-state index is 0.0261. The monoisotopic (exact) mass is 1110 g/mol. The maximum Gasteiger partial charge on any atom is 0.335 e. The molecule has 450 valence electrons. The van der Waals surface area contributed by atoms with Gasteiger partial charge in [-0.25, -0.2) is 4.79 Å². The van der Waals surface area contributed by atoms with E-state index >= 15 is 0 Å². The molecule has 1 rings (SSSR count). The molecule has 3 N–H and O–H groups in total. The third kappa shape index (κ3) is 44.0.